The Labute approximate surface area is 129 Å². The minimum Gasteiger partial charge on any atom is -0.468 e. The molecule has 0 aliphatic carbocycles. The number of pyridine rings is 1. The molecule has 0 fully saturated rings. The molecule has 8 heteroatoms. The van der Waals surface area contributed by atoms with Crippen LogP contribution >= 0.6 is 11.3 Å². The van der Waals surface area contributed by atoms with Gasteiger partial charge in [-0.15, -0.1) is 11.3 Å². The van der Waals surface area contributed by atoms with Crippen molar-refractivity contribution in [2.75, 3.05) is 7.11 Å². The number of carbonyl (C=O) groups is 1. The van der Waals surface area contributed by atoms with Gasteiger partial charge >= 0.3 is 12.1 Å². The number of ether oxygens (including phenoxy) is 1. The number of halogens is 3. The highest BCUT2D eigenvalue weighted by Crippen LogP contribution is 2.33. The van der Waals surface area contributed by atoms with Gasteiger partial charge in [-0.1, -0.05) is 0 Å². The molecule has 0 aromatic carbocycles. The topological polar surface area (TPSA) is 52.1 Å². The molecule has 4 nitrogen and oxygen atoms in total. The van der Waals surface area contributed by atoms with Crippen LogP contribution in [0, 0.1) is 0 Å². The molecule has 0 unspecified atom stereocenters. The van der Waals surface area contributed by atoms with E-state index in [0.29, 0.717) is 16.3 Å². The number of nitrogens with zero attached hydrogens (tertiary/aromatic N) is 2. The second-order valence-electron chi connectivity index (χ2n) is 5.08. The maximum Gasteiger partial charge on any atom is 0.433 e. The monoisotopic (exact) mass is 330 g/mol. The van der Waals surface area contributed by atoms with E-state index in [1.165, 1.54) is 13.2 Å². The summed E-state index contributed by atoms with van der Waals surface area (Å²) in [6, 6.07) is 2.39. The minimum absolute atomic E-state index is 0.305. The van der Waals surface area contributed by atoms with Crippen LogP contribution in [-0.4, -0.2) is 23.0 Å². The van der Waals surface area contributed by atoms with E-state index in [0.717, 1.165) is 23.6 Å². The molecule has 2 aromatic rings. The van der Waals surface area contributed by atoms with Crippen molar-refractivity contribution >= 4 is 17.3 Å². The standard InChI is InChI=1S/C14H13F3N2O2S/c1-13(2,12(20)21-3)10-7-22-11(19-10)8-4-5-18-9(6-8)14(15,16)17/h4-7H,1-3H3. The predicted octanol–water partition coefficient (Wildman–Crippen LogP) is 3.67. The summed E-state index contributed by atoms with van der Waals surface area (Å²) in [5.41, 5.74) is -1.19. The predicted molar refractivity (Wildman–Crippen MR) is 75.4 cm³/mol. The molecule has 2 rings (SSSR count). The van der Waals surface area contributed by atoms with Gasteiger partial charge in [0.2, 0.25) is 0 Å². The number of rotatable bonds is 3. The molecular weight excluding hydrogens is 317 g/mol. The van der Waals surface area contributed by atoms with Crippen molar-refractivity contribution in [2.45, 2.75) is 25.4 Å². The first-order valence-electron chi connectivity index (χ1n) is 6.24. The quantitative estimate of drug-likeness (QED) is 0.806. The Bertz CT molecular complexity index is 695. The Morgan fingerprint density at radius 3 is 2.55 bits per heavy atom. The second-order valence-corrected chi connectivity index (χ2v) is 5.94. The van der Waals surface area contributed by atoms with Gasteiger partial charge in [-0.25, -0.2) is 4.98 Å². The van der Waals surface area contributed by atoms with Gasteiger partial charge in [-0.3, -0.25) is 9.78 Å². The molecule has 0 radical (unpaired) electrons. The molecule has 0 amide bonds. The van der Waals surface area contributed by atoms with E-state index < -0.39 is 23.3 Å². The molecule has 0 spiro atoms. The van der Waals surface area contributed by atoms with Gasteiger partial charge in [-0.2, -0.15) is 13.2 Å². The largest absolute Gasteiger partial charge is 0.468 e. The van der Waals surface area contributed by atoms with Gasteiger partial charge in [0.15, 0.2) is 0 Å². The Morgan fingerprint density at radius 2 is 1.95 bits per heavy atom. The molecule has 22 heavy (non-hydrogen) atoms. The van der Waals surface area contributed by atoms with Gasteiger partial charge in [0, 0.05) is 17.1 Å². The summed E-state index contributed by atoms with van der Waals surface area (Å²) in [6.07, 6.45) is -3.42. The Hall–Kier alpha value is -1.96. The van der Waals surface area contributed by atoms with Crippen molar-refractivity contribution in [3.63, 3.8) is 0 Å². The molecule has 0 atom stereocenters. The lowest BCUT2D eigenvalue weighted by atomic mass is 9.90. The summed E-state index contributed by atoms with van der Waals surface area (Å²) in [5.74, 6) is -0.463. The highest BCUT2D eigenvalue weighted by atomic mass is 32.1. The fourth-order valence-electron chi connectivity index (χ4n) is 1.77. The Balaban J connectivity index is 2.39. The van der Waals surface area contributed by atoms with E-state index in [1.807, 2.05) is 0 Å². The molecular formula is C14H13F3N2O2S. The second kappa shape index (κ2) is 5.68. The first-order valence-corrected chi connectivity index (χ1v) is 7.12. The van der Waals surface area contributed by atoms with Crippen LogP contribution in [0.1, 0.15) is 25.2 Å². The first-order chi connectivity index (χ1) is 10.2. The summed E-state index contributed by atoms with van der Waals surface area (Å²) in [4.78, 5) is 19.3. The third-order valence-electron chi connectivity index (χ3n) is 3.14. The van der Waals surface area contributed by atoms with Crippen LogP contribution in [-0.2, 0) is 21.1 Å². The zero-order chi connectivity index (χ0) is 16.5. The minimum atomic E-state index is -4.51. The third kappa shape index (κ3) is 3.11. The maximum atomic E-state index is 12.7. The average Bonchev–Trinajstić information content (AvgIpc) is 2.96. The van der Waals surface area contributed by atoms with E-state index in [9.17, 15) is 18.0 Å². The zero-order valence-corrected chi connectivity index (χ0v) is 12.9. The Morgan fingerprint density at radius 1 is 1.27 bits per heavy atom. The van der Waals surface area contributed by atoms with Gasteiger partial charge < -0.3 is 4.74 Å². The average molecular weight is 330 g/mol. The number of hydrogen-bond donors (Lipinski definition) is 0. The summed E-state index contributed by atoms with van der Waals surface area (Å²) in [5, 5.41) is 2.03. The van der Waals surface area contributed by atoms with Crippen molar-refractivity contribution in [1.29, 1.82) is 0 Å². The third-order valence-corrected chi connectivity index (χ3v) is 4.03. The number of carbonyl (C=O) groups excluding carboxylic acids is 1. The fourth-order valence-corrected chi connectivity index (χ4v) is 2.76. The summed E-state index contributed by atoms with van der Waals surface area (Å²) < 4.78 is 42.8. The SMILES string of the molecule is COC(=O)C(C)(C)c1csc(-c2ccnc(C(F)(F)F)c2)n1. The van der Waals surface area contributed by atoms with Crippen molar-refractivity contribution in [3.05, 3.63) is 35.1 Å². The van der Waals surface area contributed by atoms with Crippen LogP contribution in [0.5, 0.6) is 0 Å². The normalized spacial score (nSPS) is 12.3. The molecule has 0 saturated carbocycles. The highest BCUT2D eigenvalue weighted by molar-refractivity contribution is 7.13. The molecule has 2 heterocycles. The highest BCUT2D eigenvalue weighted by Gasteiger charge is 2.35. The van der Waals surface area contributed by atoms with Crippen LogP contribution in [0.4, 0.5) is 13.2 Å². The van der Waals surface area contributed by atoms with Crippen LogP contribution in [0.25, 0.3) is 10.6 Å². The van der Waals surface area contributed by atoms with Crippen molar-refractivity contribution in [3.8, 4) is 10.6 Å². The van der Waals surface area contributed by atoms with Crippen LogP contribution in [0.2, 0.25) is 0 Å². The molecule has 0 saturated heterocycles. The van der Waals surface area contributed by atoms with Gasteiger partial charge in [-0.05, 0) is 26.0 Å². The molecule has 2 aromatic heterocycles. The maximum absolute atomic E-state index is 12.7. The number of methoxy groups -OCH3 is 1. The van der Waals surface area contributed by atoms with Crippen molar-refractivity contribution < 1.29 is 22.7 Å². The molecule has 0 bridgehead atoms. The van der Waals surface area contributed by atoms with Crippen molar-refractivity contribution in [1.82, 2.24) is 9.97 Å². The number of thiazole rings is 1. The summed E-state index contributed by atoms with van der Waals surface area (Å²) in [7, 11) is 1.27. The number of esters is 1. The van der Waals surface area contributed by atoms with Gasteiger partial charge in [0.05, 0.1) is 12.8 Å². The van der Waals surface area contributed by atoms with Crippen LogP contribution in [0.15, 0.2) is 23.7 Å². The van der Waals surface area contributed by atoms with E-state index in [1.54, 1.807) is 19.2 Å². The lowest BCUT2D eigenvalue weighted by molar-refractivity contribution is -0.146. The van der Waals surface area contributed by atoms with E-state index in [4.69, 9.17) is 4.74 Å². The smallest absolute Gasteiger partial charge is 0.433 e. The molecule has 0 aliphatic heterocycles. The van der Waals surface area contributed by atoms with Gasteiger partial charge in [0.25, 0.3) is 0 Å². The van der Waals surface area contributed by atoms with Crippen LogP contribution < -0.4 is 0 Å². The number of hydrogen-bond acceptors (Lipinski definition) is 5. The summed E-state index contributed by atoms with van der Waals surface area (Å²) in [6.45, 7) is 3.29. The number of alkyl halides is 3. The molecule has 0 N–H and O–H groups in total. The van der Waals surface area contributed by atoms with E-state index in [-0.39, 0.29) is 0 Å². The fraction of sp³-hybridized carbons (Fsp3) is 0.357. The van der Waals surface area contributed by atoms with Crippen molar-refractivity contribution in [2.24, 2.45) is 0 Å². The lowest BCUT2D eigenvalue weighted by Gasteiger charge is -2.18. The van der Waals surface area contributed by atoms with Gasteiger partial charge in [0.1, 0.15) is 16.1 Å². The molecule has 118 valence electrons. The van der Waals surface area contributed by atoms with Crippen LogP contribution in [0.3, 0.4) is 0 Å². The van der Waals surface area contributed by atoms with E-state index >= 15 is 0 Å². The van der Waals surface area contributed by atoms with E-state index in [2.05, 4.69) is 9.97 Å². The Kier molecular flexibility index (Phi) is 4.23. The number of aromatic nitrogens is 2. The zero-order valence-electron chi connectivity index (χ0n) is 12.1. The first kappa shape index (κ1) is 16.4. The molecule has 0 aliphatic rings. The summed E-state index contributed by atoms with van der Waals surface area (Å²) >= 11 is 1.16. The lowest BCUT2D eigenvalue weighted by Crippen LogP contribution is -2.30.